The summed E-state index contributed by atoms with van der Waals surface area (Å²) in [6.45, 7) is 5.26. The van der Waals surface area contributed by atoms with Crippen LogP contribution in [0.4, 0.5) is 5.69 Å². The van der Waals surface area contributed by atoms with Gasteiger partial charge in [0.1, 0.15) is 0 Å². The molecule has 0 aliphatic carbocycles. The Morgan fingerprint density at radius 2 is 1.96 bits per heavy atom. The smallest absolute Gasteiger partial charge is 0.251 e. The lowest BCUT2D eigenvalue weighted by molar-refractivity contribution is 0.0935. The van der Waals surface area contributed by atoms with Crippen molar-refractivity contribution in [3.63, 3.8) is 0 Å². The first-order chi connectivity index (χ1) is 10.5. The van der Waals surface area contributed by atoms with Crippen molar-refractivity contribution in [1.82, 2.24) is 15.1 Å². The van der Waals surface area contributed by atoms with Crippen molar-refractivity contribution < 1.29 is 4.79 Å². The lowest BCUT2D eigenvalue weighted by Crippen LogP contribution is -2.41. The van der Waals surface area contributed by atoms with Crippen molar-refractivity contribution in [1.29, 1.82) is 0 Å². The van der Waals surface area contributed by atoms with Crippen LogP contribution in [0.3, 0.4) is 0 Å². The van der Waals surface area contributed by atoms with E-state index in [0.717, 1.165) is 45.6 Å². The molecule has 138 valence electrons. The standard InChI is InChI=1S/C17H28N4O.2ClH/c1-20(2)10-11-21-8-6-14(7-9-21)13-19-17(22)15-4-3-5-16(18)12-15;;/h3-5,12,14H,6-11,13,18H2,1-2H3,(H,19,22);2*1H. The van der Waals surface area contributed by atoms with E-state index >= 15 is 0 Å². The zero-order valence-corrected chi connectivity index (χ0v) is 16.2. The number of benzene rings is 1. The van der Waals surface area contributed by atoms with Crippen LogP contribution in [-0.2, 0) is 0 Å². The Balaban J connectivity index is 0.00000264. The molecular weight excluding hydrogens is 347 g/mol. The predicted molar refractivity (Wildman–Crippen MR) is 105 cm³/mol. The van der Waals surface area contributed by atoms with Gasteiger partial charge in [-0.25, -0.2) is 0 Å². The summed E-state index contributed by atoms with van der Waals surface area (Å²) >= 11 is 0. The van der Waals surface area contributed by atoms with Crippen LogP contribution in [-0.4, -0.2) is 62.5 Å². The van der Waals surface area contributed by atoms with Gasteiger partial charge in [0.2, 0.25) is 0 Å². The van der Waals surface area contributed by atoms with Gasteiger partial charge >= 0.3 is 0 Å². The molecule has 1 saturated heterocycles. The Morgan fingerprint density at radius 3 is 2.54 bits per heavy atom. The number of likely N-dealkylation sites (N-methyl/N-ethyl adjacent to an activating group) is 1. The zero-order valence-electron chi connectivity index (χ0n) is 14.5. The summed E-state index contributed by atoms with van der Waals surface area (Å²) in [5, 5.41) is 3.04. The Hall–Kier alpha value is -1.01. The average Bonchev–Trinajstić information content (AvgIpc) is 2.51. The number of anilines is 1. The van der Waals surface area contributed by atoms with E-state index in [-0.39, 0.29) is 30.7 Å². The summed E-state index contributed by atoms with van der Waals surface area (Å²) in [6.07, 6.45) is 2.31. The maximum atomic E-state index is 12.1. The average molecular weight is 377 g/mol. The van der Waals surface area contributed by atoms with Crippen LogP contribution in [0.5, 0.6) is 0 Å². The third kappa shape index (κ3) is 7.71. The van der Waals surface area contributed by atoms with Crippen LogP contribution in [0.1, 0.15) is 23.2 Å². The first kappa shape index (κ1) is 23.0. The number of nitrogens with zero attached hydrogens (tertiary/aromatic N) is 2. The van der Waals surface area contributed by atoms with E-state index in [1.165, 1.54) is 0 Å². The number of hydrogen-bond acceptors (Lipinski definition) is 4. The maximum absolute atomic E-state index is 12.1. The molecule has 5 nitrogen and oxygen atoms in total. The number of amides is 1. The van der Waals surface area contributed by atoms with Gasteiger partial charge in [-0.1, -0.05) is 6.07 Å². The first-order valence-corrected chi connectivity index (χ1v) is 8.05. The summed E-state index contributed by atoms with van der Waals surface area (Å²) in [7, 11) is 4.22. The molecule has 3 N–H and O–H groups in total. The minimum atomic E-state index is -0.0256. The van der Waals surface area contributed by atoms with Crippen molar-refractivity contribution in [2.75, 3.05) is 52.6 Å². The van der Waals surface area contributed by atoms with Crippen molar-refractivity contribution in [3.8, 4) is 0 Å². The number of nitrogens with two attached hydrogens (primary N) is 1. The number of piperidine rings is 1. The fourth-order valence-corrected chi connectivity index (χ4v) is 2.77. The highest BCUT2D eigenvalue weighted by Gasteiger charge is 2.19. The molecule has 0 atom stereocenters. The van der Waals surface area contributed by atoms with Crippen LogP contribution in [0.2, 0.25) is 0 Å². The minimum Gasteiger partial charge on any atom is -0.399 e. The number of halogens is 2. The molecule has 1 aliphatic heterocycles. The molecule has 1 aromatic carbocycles. The van der Waals surface area contributed by atoms with E-state index in [4.69, 9.17) is 5.73 Å². The molecule has 0 radical (unpaired) electrons. The number of carbonyl (C=O) groups excluding carboxylic acids is 1. The number of carbonyl (C=O) groups is 1. The number of nitrogens with one attached hydrogen (secondary N) is 1. The third-order valence-electron chi connectivity index (χ3n) is 4.27. The Labute approximate surface area is 157 Å². The summed E-state index contributed by atoms with van der Waals surface area (Å²) < 4.78 is 0. The minimum absolute atomic E-state index is 0. The fourth-order valence-electron chi connectivity index (χ4n) is 2.77. The molecular formula is C17H30Cl2N4O. The molecule has 2 rings (SSSR count). The van der Waals surface area contributed by atoms with Crippen LogP contribution in [0.25, 0.3) is 0 Å². The SMILES string of the molecule is CN(C)CCN1CCC(CNC(=O)c2cccc(N)c2)CC1.Cl.Cl. The van der Waals surface area contributed by atoms with Crippen LogP contribution in [0.15, 0.2) is 24.3 Å². The molecule has 0 bridgehead atoms. The van der Waals surface area contributed by atoms with Gasteiger partial charge in [-0.15, -0.1) is 24.8 Å². The molecule has 7 heteroatoms. The molecule has 24 heavy (non-hydrogen) atoms. The van der Waals surface area contributed by atoms with Gasteiger partial charge in [-0.3, -0.25) is 4.79 Å². The van der Waals surface area contributed by atoms with E-state index < -0.39 is 0 Å². The number of likely N-dealkylation sites (tertiary alicyclic amines) is 1. The molecule has 0 unspecified atom stereocenters. The second-order valence-corrected chi connectivity index (χ2v) is 6.42. The van der Waals surface area contributed by atoms with Crippen molar-refractivity contribution in [2.45, 2.75) is 12.8 Å². The monoisotopic (exact) mass is 376 g/mol. The van der Waals surface area contributed by atoms with Crippen molar-refractivity contribution in [2.24, 2.45) is 5.92 Å². The van der Waals surface area contributed by atoms with Gasteiger partial charge in [0.05, 0.1) is 0 Å². The highest BCUT2D eigenvalue weighted by molar-refractivity contribution is 5.94. The maximum Gasteiger partial charge on any atom is 0.251 e. The van der Waals surface area contributed by atoms with Crippen molar-refractivity contribution >= 4 is 36.4 Å². The summed E-state index contributed by atoms with van der Waals surface area (Å²) in [5.41, 5.74) is 6.98. The zero-order chi connectivity index (χ0) is 15.9. The van der Waals surface area contributed by atoms with Gasteiger partial charge in [0.15, 0.2) is 0 Å². The third-order valence-corrected chi connectivity index (χ3v) is 4.27. The molecule has 0 aromatic heterocycles. The lowest BCUT2D eigenvalue weighted by Gasteiger charge is -2.32. The number of nitrogen functional groups attached to an aromatic ring is 1. The summed E-state index contributed by atoms with van der Waals surface area (Å²) in [6, 6.07) is 7.13. The molecule has 1 amide bonds. The van der Waals surface area contributed by atoms with Gasteiger partial charge in [0, 0.05) is 30.9 Å². The van der Waals surface area contributed by atoms with E-state index in [2.05, 4.69) is 29.2 Å². The van der Waals surface area contributed by atoms with E-state index in [1.807, 2.05) is 6.07 Å². The van der Waals surface area contributed by atoms with Gasteiger partial charge in [-0.2, -0.15) is 0 Å². The molecule has 1 aliphatic rings. The van der Waals surface area contributed by atoms with Gasteiger partial charge in [0.25, 0.3) is 5.91 Å². The number of rotatable bonds is 6. The molecule has 0 saturated carbocycles. The fraction of sp³-hybridized carbons (Fsp3) is 0.588. The molecule has 1 heterocycles. The lowest BCUT2D eigenvalue weighted by atomic mass is 9.96. The normalized spacial score (nSPS) is 15.5. The van der Waals surface area contributed by atoms with E-state index in [9.17, 15) is 4.79 Å². The Kier molecular flexibility index (Phi) is 11.0. The highest BCUT2D eigenvalue weighted by Crippen LogP contribution is 2.16. The predicted octanol–water partition coefficient (Wildman–Crippen LogP) is 2.12. The Morgan fingerprint density at radius 1 is 1.29 bits per heavy atom. The second kappa shape index (κ2) is 11.5. The first-order valence-electron chi connectivity index (χ1n) is 8.05. The van der Waals surface area contributed by atoms with Gasteiger partial charge < -0.3 is 20.9 Å². The molecule has 1 fully saturated rings. The van der Waals surface area contributed by atoms with Crippen LogP contribution < -0.4 is 11.1 Å². The second-order valence-electron chi connectivity index (χ2n) is 6.42. The highest BCUT2D eigenvalue weighted by atomic mass is 35.5. The van der Waals surface area contributed by atoms with Gasteiger partial charge in [-0.05, 0) is 64.1 Å². The van der Waals surface area contributed by atoms with E-state index in [0.29, 0.717) is 17.2 Å². The van der Waals surface area contributed by atoms with Crippen molar-refractivity contribution in [3.05, 3.63) is 29.8 Å². The largest absolute Gasteiger partial charge is 0.399 e. The topological polar surface area (TPSA) is 61.6 Å². The Bertz CT molecular complexity index is 491. The summed E-state index contributed by atoms with van der Waals surface area (Å²) in [5.74, 6) is 0.558. The van der Waals surface area contributed by atoms with Crippen LogP contribution in [0, 0.1) is 5.92 Å². The quantitative estimate of drug-likeness (QED) is 0.746. The summed E-state index contributed by atoms with van der Waals surface area (Å²) in [4.78, 5) is 16.8. The van der Waals surface area contributed by atoms with E-state index in [1.54, 1.807) is 18.2 Å². The molecule has 1 aromatic rings. The number of hydrogen-bond donors (Lipinski definition) is 2. The molecule has 0 spiro atoms. The van der Waals surface area contributed by atoms with Crippen LogP contribution >= 0.6 is 24.8 Å².